The summed E-state index contributed by atoms with van der Waals surface area (Å²) in [4.78, 5) is 16.0. The maximum atomic E-state index is 12.2. The van der Waals surface area contributed by atoms with Crippen LogP contribution in [-0.4, -0.2) is 43.7 Å². The van der Waals surface area contributed by atoms with Crippen molar-refractivity contribution in [2.24, 2.45) is 0 Å². The van der Waals surface area contributed by atoms with Crippen molar-refractivity contribution in [3.63, 3.8) is 0 Å². The van der Waals surface area contributed by atoms with Gasteiger partial charge in [-0.15, -0.1) is 0 Å². The smallest absolute Gasteiger partial charge is 0.315 e. The van der Waals surface area contributed by atoms with E-state index in [1.54, 1.807) is 18.2 Å². The molecular formula is C15H17N3O5S. The Morgan fingerprint density at radius 3 is 2.79 bits per heavy atom. The third kappa shape index (κ3) is 3.98. The van der Waals surface area contributed by atoms with Gasteiger partial charge in [-0.2, -0.15) is 4.98 Å². The molecule has 0 unspecified atom stereocenters. The lowest BCUT2D eigenvalue weighted by molar-refractivity contribution is 0.0822. The number of aromatic nitrogens is 2. The van der Waals surface area contributed by atoms with Crippen LogP contribution < -0.4 is 5.32 Å². The molecule has 1 aromatic carbocycles. The average molecular weight is 351 g/mol. The highest BCUT2D eigenvalue weighted by atomic mass is 32.2. The van der Waals surface area contributed by atoms with Gasteiger partial charge in [0.15, 0.2) is 15.7 Å². The third-order valence-electron chi connectivity index (χ3n) is 3.60. The number of nitrogens with zero attached hydrogens (tertiary/aromatic N) is 2. The van der Waals surface area contributed by atoms with Gasteiger partial charge in [-0.25, -0.2) is 8.42 Å². The lowest BCUT2D eigenvalue weighted by Crippen LogP contribution is -2.31. The van der Waals surface area contributed by atoms with Crippen LogP contribution >= 0.6 is 0 Å². The van der Waals surface area contributed by atoms with Crippen LogP contribution in [0.4, 0.5) is 0 Å². The molecule has 0 saturated carbocycles. The van der Waals surface area contributed by atoms with Crippen LogP contribution in [0.1, 0.15) is 29.4 Å². The highest BCUT2D eigenvalue weighted by Crippen LogP contribution is 2.14. The molecule has 0 radical (unpaired) electrons. The fourth-order valence-electron chi connectivity index (χ4n) is 2.37. The van der Waals surface area contributed by atoms with Gasteiger partial charge < -0.3 is 14.6 Å². The summed E-state index contributed by atoms with van der Waals surface area (Å²) in [5.74, 6) is -1.28. The summed E-state index contributed by atoms with van der Waals surface area (Å²) in [6, 6.07) is 7.97. The molecule has 2 heterocycles. The summed E-state index contributed by atoms with van der Waals surface area (Å²) in [5, 5.41) is 6.21. The maximum absolute atomic E-state index is 12.2. The minimum absolute atomic E-state index is 0.00481. The van der Waals surface area contributed by atoms with E-state index in [0.29, 0.717) is 13.2 Å². The van der Waals surface area contributed by atoms with Crippen LogP contribution in [0.25, 0.3) is 0 Å². The zero-order valence-electron chi connectivity index (χ0n) is 12.8. The van der Waals surface area contributed by atoms with E-state index in [2.05, 4.69) is 15.5 Å². The molecule has 0 aliphatic carbocycles. The molecule has 1 fully saturated rings. The first-order chi connectivity index (χ1) is 11.5. The number of hydrogen-bond donors (Lipinski definition) is 1. The Kier molecular flexibility index (Phi) is 4.91. The molecule has 1 amide bonds. The fraction of sp³-hybridized carbons (Fsp3) is 0.400. The van der Waals surface area contributed by atoms with Gasteiger partial charge in [-0.05, 0) is 25.0 Å². The minimum Gasteiger partial charge on any atom is -0.376 e. The topological polar surface area (TPSA) is 111 Å². The monoisotopic (exact) mass is 351 g/mol. The fourth-order valence-corrected chi connectivity index (χ4v) is 3.57. The predicted molar refractivity (Wildman–Crippen MR) is 82.9 cm³/mol. The van der Waals surface area contributed by atoms with Crippen molar-refractivity contribution in [2.75, 3.05) is 13.2 Å². The van der Waals surface area contributed by atoms with Gasteiger partial charge in [0.25, 0.3) is 0 Å². The predicted octanol–water partition coefficient (Wildman–Crippen LogP) is 0.952. The van der Waals surface area contributed by atoms with E-state index in [9.17, 15) is 13.2 Å². The molecule has 3 rings (SSSR count). The van der Waals surface area contributed by atoms with Crippen LogP contribution in [0, 0.1) is 0 Å². The third-order valence-corrected chi connectivity index (χ3v) is 5.23. The number of ether oxygens (including phenoxy) is 1. The standard InChI is InChI=1S/C15H17N3O5S/c19-14(16-9-11-5-4-8-22-11)15-17-13(18-23-15)10-24(20,21)12-6-2-1-3-7-12/h1-3,6-7,11H,4-5,8-10H2,(H,16,19)/t11-/m1/s1. The maximum Gasteiger partial charge on any atom is 0.315 e. The van der Waals surface area contributed by atoms with Crippen LogP contribution in [-0.2, 0) is 20.3 Å². The van der Waals surface area contributed by atoms with Crippen molar-refractivity contribution >= 4 is 15.7 Å². The Labute approximate surface area is 139 Å². The second-order valence-electron chi connectivity index (χ2n) is 5.43. The molecule has 1 atom stereocenters. The highest BCUT2D eigenvalue weighted by molar-refractivity contribution is 7.90. The molecule has 1 N–H and O–H groups in total. The number of rotatable bonds is 6. The summed E-state index contributed by atoms with van der Waals surface area (Å²) >= 11 is 0. The first-order valence-electron chi connectivity index (χ1n) is 7.55. The summed E-state index contributed by atoms with van der Waals surface area (Å²) in [5.41, 5.74) is 0. The lowest BCUT2D eigenvalue weighted by atomic mass is 10.2. The lowest BCUT2D eigenvalue weighted by Gasteiger charge is -2.08. The Morgan fingerprint density at radius 2 is 2.08 bits per heavy atom. The van der Waals surface area contributed by atoms with Crippen molar-refractivity contribution in [1.82, 2.24) is 15.5 Å². The van der Waals surface area contributed by atoms with Crippen LogP contribution in [0.5, 0.6) is 0 Å². The van der Waals surface area contributed by atoms with Gasteiger partial charge in [-0.3, -0.25) is 4.79 Å². The van der Waals surface area contributed by atoms with Gasteiger partial charge in [-0.1, -0.05) is 23.4 Å². The molecule has 1 aromatic heterocycles. The molecule has 0 spiro atoms. The molecule has 2 aromatic rings. The quantitative estimate of drug-likeness (QED) is 0.824. The van der Waals surface area contributed by atoms with E-state index in [4.69, 9.17) is 9.26 Å². The highest BCUT2D eigenvalue weighted by Gasteiger charge is 2.22. The molecule has 1 aliphatic heterocycles. The Morgan fingerprint density at radius 1 is 1.29 bits per heavy atom. The molecule has 0 bridgehead atoms. The van der Waals surface area contributed by atoms with Gasteiger partial charge in [0.2, 0.25) is 0 Å². The van der Waals surface area contributed by atoms with Gasteiger partial charge in [0, 0.05) is 13.2 Å². The van der Waals surface area contributed by atoms with Crippen molar-refractivity contribution in [3.8, 4) is 0 Å². The van der Waals surface area contributed by atoms with Crippen molar-refractivity contribution in [3.05, 3.63) is 42.0 Å². The summed E-state index contributed by atoms with van der Waals surface area (Å²) in [6.07, 6.45) is 1.86. The van der Waals surface area contributed by atoms with Crippen LogP contribution in [0.3, 0.4) is 0 Å². The van der Waals surface area contributed by atoms with E-state index in [-0.39, 0.29) is 22.7 Å². The van der Waals surface area contributed by atoms with Crippen molar-refractivity contribution < 1.29 is 22.5 Å². The largest absolute Gasteiger partial charge is 0.376 e. The average Bonchev–Trinajstić information content (AvgIpc) is 3.25. The van der Waals surface area contributed by atoms with Gasteiger partial charge >= 0.3 is 11.8 Å². The molecule has 24 heavy (non-hydrogen) atoms. The molecule has 9 heteroatoms. The first-order valence-corrected chi connectivity index (χ1v) is 9.20. The van der Waals surface area contributed by atoms with E-state index in [1.807, 2.05) is 0 Å². The number of carbonyl (C=O) groups excluding carboxylic acids is 1. The Hall–Kier alpha value is -2.26. The summed E-state index contributed by atoms with van der Waals surface area (Å²) < 4.78 is 34.7. The van der Waals surface area contributed by atoms with E-state index in [0.717, 1.165) is 12.8 Å². The molecule has 128 valence electrons. The molecule has 1 saturated heterocycles. The van der Waals surface area contributed by atoms with Crippen LogP contribution in [0.2, 0.25) is 0 Å². The number of hydrogen-bond acceptors (Lipinski definition) is 7. The summed E-state index contributed by atoms with van der Waals surface area (Å²) in [7, 11) is -3.59. The number of sulfone groups is 1. The number of nitrogens with one attached hydrogen (secondary N) is 1. The number of benzene rings is 1. The first kappa shape index (κ1) is 16.6. The van der Waals surface area contributed by atoms with Gasteiger partial charge in [0.05, 0.1) is 11.0 Å². The van der Waals surface area contributed by atoms with Crippen LogP contribution in [0.15, 0.2) is 39.8 Å². The SMILES string of the molecule is O=C(NC[C@H]1CCCO1)c1nc(CS(=O)(=O)c2ccccc2)no1. The second-order valence-corrected chi connectivity index (χ2v) is 7.42. The van der Waals surface area contributed by atoms with Crippen molar-refractivity contribution in [1.29, 1.82) is 0 Å². The zero-order valence-corrected chi connectivity index (χ0v) is 13.7. The Balaban J connectivity index is 1.61. The van der Waals surface area contributed by atoms with E-state index in [1.165, 1.54) is 12.1 Å². The Bertz CT molecular complexity index is 798. The molecule has 8 nitrogen and oxygen atoms in total. The zero-order chi connectivity index (χ0) is 17.0. The molecular weight excluding hydrogens is 334 g/mol. The van der Waals surface area contributed by atoms with E-state index < -0.39 is 21.5 Å². The number of amides is 1. The molecule has 1 aliphatic rings. The summed E-state index contributed by atoms with van der Waals surface area (Å²) in [6.45, 7) is 1.06. The second kappa shape index (κ2) is 7.10. The minimum atomic E-state index is -3.59. The van der Waals surface area contributed by atoms with Gasteiger partial charge in [0.1, 0.15) is 5.75 Å². The number of carbonyl (C=O) groups is 1. The normalized spacial score (nSPS) is 17.8. The van der Waals surface area contributed by atoms with Crippen molar-refractivity contribution in [2.45, 2.75) is 29.6 Å². The van der Waals surface area contributed by atoms with E-state index >= 15 is 0 Å².